The number of aryl methyl sites for hydroxylation is 1. The number of thiocarbonyl (C=S) groups is 1. The normalized spacial score (nSPS) is 10.9. The maximum Gasteiger partial charge on any atom is 0.250 e. The molecule has 0 aliphatic rings. The van der Waals surface area contributed by atoms with Gasteiger partial charge in [0.15, 0.2) is 10.9 Å². The van der Waals surface area contributed by atoms with Crippen LogP contribution in [0.25, 0.3) is 6.08 Å². The summed E-state index contributed by atoms with van der Waals surface area (Å²) in [5.41, 5.74) is 4.16. The topological polar surface area (TPSA) is 85.0 Å². The molecule has 3 rings (SSSR count). The summed E-state index contributed by atoms with van der Waals surface area (Å²) in [7, 11) is 0. The van der Waals surface area contributed by atoms with Crippen molar-refractivity contribution in [3.05, 3.63) is 72.0 Å². The Morgan fingerprint density at radius 2 is 2.07 bits per heavy atom. The lowest BCUT2D eigenvalue weighted by atomic mass is 10.2. The third kappa shape index (κ3) is 5.54. The van der Waals surface area contributed by atoms with Crippen molar-refractivity contribution in [3.8, 4) is 0 Å². The molecule has 2 heterocycles. The zero-order valence-electron chi connectivity index (χ0n) is 15.2. The first kappa shape index (κ1) is 19.8. The number of thioether (sulfide) groups is 1. The first-order valence-electron chi connectivity index (χ1n) is 8.60. The van der Waals surface area contributed by atoms with Crippen LogP contribution in [-0.2, 0) is 17.0 Å². The lowest BCUT2D eigenvalue weighted by molar-refractivity contribution is -0.115. The first-order chi connectivity index (χ1) is 13.7. The van der Waals surface area contributed by atoms with Gasteiger partial charge >= 0.3 is 0 Å². The fraction of sp³-hybridized carbons (Fsp3) is 0.158. The van der Waals surface area contributed by atoms with Gasteiger partial charge in [0.2, 0.25) is 11.1 Å². The molecule has 0 atom stereocenters. The van der Waals surface area contributed by atoms with Gasteiger partial charge < -0.3 is 4.42 Å². The SMILES string of the molecule is CCc1nnc(SCc2ccccc2)n1NC(=S)NC(=O)/C=C/c1ccco1. The molecule has 1 amide bonds. The molecule has 0 saturated heterocycles. The molecule has 2 N–H and O–H groups in total. The van der Waals surface area contributed by atoms with Crippen LogP contribution in [0.15, 0.2) is 64.4 Å². The summed E-state index contributed by atoms with van der Waals surface area (Å²) >= 11 is 6.79. The molecule has 7 nitrogen and oxygen atoms in total. The molecule has 0 fully saturated rings. The molecule has 0 saturated carbocycles. The van der Waals surface area contributed by atoms with Crippen LogP contribution >= 0.6 is 24.0 Å². The summed E-state index contributed by atoms with van der Waals surface area (Å²) in [6, 6.07) is 13.6. The van der Waals surface area contributed by atoms with Gasteiger partial charge in [0.25, 0.3) is 0 Å². The summed E-state index contributed by atoms with van der Waals surface area (Å²) < 4.78 is 6.85. The van der Waals surface area contributed by atoms with Crippen LogP contribution in [-0.4, -0.2) is 25.9 Å². The molecular weight excluding hydrogens is 394 g/mol. The van der Waals surface area contributed by atoms with Crippen LogP contribution in [0.5, 0.6) is 0 Å². The minimum atomic E-state index is -0.362. The Morgan fingerprint density at radius 1 is 1.25 bits per heavy atom. The Labute approximate surface area is 172 Å². The number of carbonyl (C=O) groups excluding carboxylic acids is 1. The maximum absolute atomic E-state index is 12.0. The van der Waals surface area contributed by atoms with E-state index >= 15 is 0 Å². The summed E-state index contributed by atoms with van der Waals surface area (Å²) in [5, 5.41) is 11.8. The van der Waals surface area contributed by atoms with E-state index in [-0.39, 0.29) is 11.0 Å². The molecule has 144 valence electrons. The highest BCUT2D eigenvalue weighted by atomic mass is 32.2. The van der Waals surface area contributed by atoms with E-state index in [0.29, 0.717) is 17.3 Å². The molecule has 0 radical (unpaired) electrons. The number of furan rings is 1. The van der Waals surface area contributed by atoms with Crippen molar-refractivity contribution in [2.45, 2.75) is 24.3 Å². The number of hydrogen-bond donors (Lipinski definition) is 2. The molecule has 0 unspecified atom stereocenters. The largest absolute Gasteiger partial charge is 0.465 e. The average Bonchev–Trinajstić information content (AvgIpc) is 3.35. The van der Waals surface area contributed by atoms with Gasteiger partial charge in [0, 0.05) is 18.2 Å². The number of nitrogens with zero attached hydrogens (tertiary/aromatic N) is 3. The van der Waals surface area contributed by atoms with Crippen molar-refractivity contribution >= 4 is 41.1 Å². The third-order valence-electron chi connectivity index (χ3n) is 3.62. The second kappa shape index (κ2) is 9.86. The van der Waals surface area contributed by atoms with Crippen LogP contribution in [0.2, 0.25) is 0 Å². The summed E-state index contributed by atoms with van der Waals surface area (Å²) in [6.07, 6.45) is 5.12. The van der Waals surface area contributed by atoms with Crippen molar-refractivity contribution in [2.24, 2.45) is 0 Å². The van der Waals surface area contributed by atoms with Crippen molar-refractivity contribution in [3.63, 3.8) is 0 Å². The average molecular weight is 414 g/mol. The van der Waals surface area contributed by atoms with E-state index in [1.54, 1.807) is 22.9 Å². The van der Waals surface area contributed by atoms with E-state index in [4.69, 9.17) is 16.6 Å². The zero-order valence-corrected chi connectivity index (χ0v) is 16.8. The number of aromatic nitrogens is 3. The highest BCUT2D eigenvalue weighted by molar-refractivity contribution is 7.98. The second-order valence-electron chi connectivity index (χ2n) is 5.64. The van der Waals surface area contributed by atoms with Crippen LogP contribution in [0.1, 0.15) is 24.1 Å². The van der Waals surface area contributed by atoms with Crippen molar-refractivity contribution < 1.29 is 9.21 Å². The standard InChI is InChI=1S/C19H19N5O2S2/c1-2-16-21-22-19(28-13-14-7-4-3-5-8-14)24(16)23-18(27)20-17(25)11-10-15-9-6-12-26-15/h3-12H,2,13H2,1H3,(H2,20,23,25,27)/b11-10+. The molecule has 9 heteroatoms. The molecule has 0 bridgehead atoms. The first-order valence-corrected chi connectivity index (χ1v) is 9.99. The van der Waals surface area contributed by atoms with Gasteiger partial charge in [0.1, 0.15) is 5.76 Å². The van der Waals surface area contributed by atoms with E-state index in [1.165, 1.54) is 29.7 Å². The molecule has 0 spiro atoms. The fourth-order valence-electron chi connectivity index (χ4n) is 2.28. The third-order valence-corrected chi connectivity index (χ3v) is 4.81. The minimum Gasteiger partial charge on any atom is -0.465 e. The number of carbonyl (C=O) groups is 1. The molecule has 28 heavy (non-hydrogen) atoms. The Balaban J connectivity index is 1.61. The lowest BCUT2D eigenvalue weighted by Gasteiger charge is -2.13. The predicted octanol–water partition coefficient (Wildman–Crippen LogP) is 3.38. The van der Waals surface area contributed by atoms with Gasteiger partial charge in [-0.3, -0.25) is 15.5 Å². The Hall–Kier alpha value is -2.91. The van der Waals surface area contributed by atoms with Crippen LogP contribution in [0.3, 0.4) is 0 Å². The highest BCUT2D eigenvalue weighted by Gasteiger charge is 2.13. The second-order valence-corrected chi connectivity index (χ2v) is 6.99. The number of nitrogens with one attached hydrogen (secondary N) is 2. The van der Waals surface area contributed by atoms with Gasteiger partial charge in [-0.05, 0) is 36.0 Å². The number of benzene rings is 1. The van der Waals surface area contributed by atoms with E-state index < -0.39 is 0 Å². The zero-order chi connectivity index (χ0) is 19.8. The summed E-state index contributed by atoms with van der Waals surface area (Å²) in [5.74, 6) is 1.69. The van der Waals surface area contributed by atoms with E-state index in [2.05, 4.69) is 33.1 Å². The molecular formula is C19H19N5O2S2. The number of rotatable bonds is 7. The van der Waals surface area contributed by atoms with E-state index in [9.17, 15) is 4.79 Å². The van der Waals surface area contributed by atoms with Gasteiger partial charge in [-0.1, -0.05) is 49.0 Å². The smallest absolute Gasteiger partial charge is 0.250 e. The highest BCUT2D eigenvalue weighted by Crippen LogP contribution is 2.21. The van der Waals surface area contributed by atoms with E-state index in [1.807, 2.05) is 25.1 Å². The predicted molar refractivity (Wildman–Crippen MR) is 113 cm³/mol. The van der Waals surface area contributed by atoms with Crippen LogP contribution in [0, 0.1) is 0 Å². The Morgan fingerprint density at radius 3 is 2.79 bits per heavy atom. The Bertz CT molecular complexity index is 952. The van der Waals surface area contributed by atoms with Crippen LogP contribution in [0.4, 0.5) is 0 Å². The van der Waals surface area contributed by atoms with Crippen molar-refractivity contribution in [2.75, 3.05) is 5.43 Å². The summed E-state index contributed by atoms with van der Waals surface area (Å²) in [6.45, 7) is 1.97. The fourth-order valence-corrected chi connectivity index (χ4v) is 3.34. The van der Waals surface area contributed by atoms with E-state index in [0.717, 1.165) is 11.6 Å². The van der Waals surface area contributed by atoms with Crippen molar-refractivity contribution in [1.82, 2.24) is 20.2 Å². The molecule has 0 aliphatic carbocycles. The monoisotopic (exact) mass is 413 g/mol. The minimum absolute atomic E-state index is 0.158. The van der Waals surface area contributed by atoms with Gasteiger partial charge in [-0.2, -0.15) is 0 Å². The maximum atomic E-state index is 12.0. The molecule has 3 aromatic rings. The Kier molecular flexibility index (Phi) is 6.99. The van der Waals surface area contributed by atoms with Gasteiger partial charge in [-0.25, -0.2) is 4.68 Å². The van der Waals surface area contributed by atoms with Gasteiger partial charge in [0.05, 0.1) is 6.26 Å². The number of amides is 1. The lowest BCUT2D eigenvalue weighted by Crippen LogP contribution is -2.38. The molecule has 0 aliphatic heterocycles. The van der Waals surface area contributed by atoms with Crippen molar-refractivity contribution in [1.29, 1.82) is 0 Å². The molecule has 2 aromatic heterocycles. The number of hydrogen-bond acceptors (Lipinski definition) is 6. The molecule has 1 aromatic carbocycles. The summed E-state index contributed by atoms with van der Waals surface area (Å²) in [4.78, 5) is 12.0. The van der Waals surface area contributed by atoms with Crippen LogP contribution < -0.4 is 10.7 Å². The van der Waals surface area contributed by atoms with Gasteiger partial charge in [-0.15, -0.1) is 10.2 Å². The quantitative estimate of drug-likeness (QED) is 0.349.